The lowest BCUT2D eigenvalue weighted by Gasteiger charge is -2.08. The van der Waals surface area contributed by atoms with Crippen molar-refractivity contribution in [2.45, 2.75) is 20.8 Å². The van der Waals surface area contributed by atoms with Gasteiger partial charge in [-0.05, 0) is 38.0 Å². The van der Waals surface area contributed by atoms with Gasteiger partial charge in [0, 0.05) is 17.0 Å². The molecule has 0 atom stereocenters. The van der Waals surface area contributed by atoms with Crippen molar-refractivity contribution >= 4 is 11.0 Å². The minimum atomic E-state index is 0.527. The minimum absolute atomic E-state index is 0.527. The zero-order valence-electron chi connectivity index (χ0n) is 12.3. The van der Waals surface area contributed by atoms with Gasteiger partial charge in [-0.1, -0.05) is 41.1 Å². The second-order valence-electron chi connectivity index (χ2n) is 5.42. The Bertz CT molecular complexity index is 874. The van der Waals surface area contributed by atoms with Crippen molar-refractivity contribution < 1.29 is 9.62 Å². The van der Waals surface area contributed by atoms with Gasteiger partial charge in [0.1, 0.15) is 16.7 Å². The number of fused-ring (bicyclic) bond motifs is 1. The number of hydrogen-bond acceptors (Lipinski definition) is 3. The molecule has 3 nitrogen and oxygen atoms in total. The first-order valence-corrected chi connectivity index (χ1v) is 6.89. The van der Waals surface area contributed by atoms with E-state index < -0.39 is 0 Å². The lowest BCUT2D eigenvalue weighted by molar-refractivity contribution is 0.302. The van der Waals surface area contributed by atoms with E-state index in [0.717, 1.165) is 27.7 Å². The Balaban J connectivity index is 2.34. The zero-order chi connectivity index (χ0) is 15.0. The molecule has 0 saturated heterocycles. The van der Waals surface area contributed by atoms with Crippen molar-refractivity contribution in [3.05, 3.63) is 64.5 Å². The van der Waals surface area contributed by atoms with Crippen molar-refractivity contribution in [3.63, 3.8) is 0 Å². The third-order valence-corrected chi connectivity index (χ3v) is 3.62. The van der Waals surface area contributed by atoms with Crippen LogP contribution in [-0.4, -0.2) is 5.21 Å². The molecule has 0 aliphatic rings. The summed E-state index contributed by atoms with van der Waals surface area (Å²) in [5.41, 5.74) is 5.06. The fourth-order valence-corrected chi connectivity index (χ4v) is 2.56. The third kappa shape index (κ3) is 2.42. The normalized spacial score (nSPS) is 12.0. The van der Waals surface area contributed by atoms with E-state index in [1.807, 2.05) is 51.1 Å². The van der Waals surface area contributed by atoms with Gasteiger partial charge >= 0.3 is 0 Å². The zero-order valence-corrected chi connectivity index (χ0v) is 12.3. The predicted octanol–water partition coefficient (Wildman–Crippen LogP) is 4.31. The number of aryl methyl sites for hydroxylation is 3. The molecule has 0 unspecified atom stereocenters. The van der Waals surface area contributed by atoms with Gasteiger partial charge in [-0.2, -0.15) is 0 Å². The van der Waals surface area contributed by atoms with Gasteiger partial charge < -0.3 is 9.62 Å². The third-order valence-electron chi connectivity index (χ3n) is 3.62. The molecule has 0 fully saturated rings. The van der Waals surface area contributed by atoms with Gasteiger partial charge in [-0.15, -0.1) is 0 Å². The maximum absolute atomic E-state index is 9.32. The standard InChI is InChI=1S/C18H17NO2/c1-11-4-6-14(7-5-11)17-10-16(19-20)15-9-12(2)8-13(3)18(15)21-17/h4-10,20H,1-3H3/b19-16-. The minimum Gasteiger partial charge on any atom is -0.456 e. The van der Waals surface area contributed by atoms with Crippen molar-refractivity contribution in [2.24, 2.45) is 5.16 Å². The van der Waals surface area contributed by atoms with E-state index in [-0.39, 0.29) is 0 Å². The van der Waals surface area contributed by atoms with Crippen LogP contribution >= 0.6 is 0 Å². The molecule has 1 N–H and O–H groups in total. The highest BCUT2D eigenvalue weighted by Crippen LogP contribution is 2.25. The molecule has 0 aliphatic carbocycles. The van der Waals surface area contributed by atoms with Crippen molar-refractivity contribution in [2.75, 3.05) is 0 Å². The molecule has 0 radical (unpaired) electrons. The first-order valence-electron chi connectivity index (χ1n) is 6.89. The Morgan fingerprint density at radius 1 is 0.905 bits per heavy atom. The monoisotopic (exact) mass is 279 g/mol. The Hall–Kier alpha value is -2.55. The maximum atomic E-state index is 9.32. The average Bonchev–Trinajstić information content (AvgIpc) is 2.47. The van der Waals surface area contributed by atoms with Crippen LogP contribution in [0.25, 0.3) is 22.3 Å². The van der Waals surface area contributed by atoms with E-state index in [0.29, 0.717) is 11.1 Å². The van der Waals surface area contributed by atoms with E-state index in [1.54, 1.807) is 6.07 Å². The molecular weight excluding hydrogens is 262 g/mol. The molecule has 0 saturated carbocycles. The van der Waals surface area contributed by atoms with Crippen LogP contribution in [0.5, 0.6) is 0 Å². The van der Waals surface area contributed by atoms with Gasteiger partial charge in [-0.3, -0.25) is 0 Å². The Morgan fingerprint density at radius 3 is 2.29 bits per heavy atom. The van der Waals surface area contributed by atoms with E-state index in [1.165, 1.54) is 5.56 Å². The second-order valence-corrected chi connectivity index (χ2v) is 5.42. The number of rotatable bonds is 1. The number of benzene rings is 2. The van der Waals surface area contributed by atoms with Gasteiger partial charge in [0.05, 0.1) is 0 Å². The molecule has 3 rings (SSSR count). The summed E-state index contributed by atoms with van der Waals surface area (Å²) in [4.78, 5) is 0. The Kier molecular flexibility index (Phi) is 3.26. The van der Waals surface area contributed by atoms with Crippen LogP contribution < -0.4 is 5.36 Å². The van der Waals surface area contributed by atoms with Crippen LogP contribution in [0.15, 0.2) is 52.0 Å². The molecular formula is C18H17NO2. The maximum Gasteiger partial charge on any atom is 0.139 e. The van der Waals surface area contributed by atoms with E-state index in [2.05, 4.69) is 11.2 Å². The highest BCUT2D eigenvalue weighted by atomic mass is 16.4. The molecule has 0 aliphatic heterocycles. The van der Waals surface area contributed by atoms with Gasteiger partial charge in [0.25, 0.3) is 0 Å². The van der Waals surface area contributed by atoms with Crippen LogP contribution in [0.3, 0.4) is 0 Å². The molecule has 0 spiro atoms. The summed E-state index contributed by atoms with van der Waals surface area (Å²) in [5, 5.41) is 14.1. The second kappa shape index (κ2) is 5.09. The first-order chi connectivity index (χ1) is 10.1. The molecule has 1 heterocycles. The average molecular weight is 279 g/mol. The first kappa shape index (κ1) is 13.4. The lowest BCUT2D eigenvalue weighted by Crippen LogP contribution is -2.04. The van der Waals surface area contributed by atoms with Crippen LogP contribution in [-0.2, 0) is 0 Å². The number of nitrogens with zero attached hydrogens (tertiary/aromatic N) is 1. The quantitative estimate of drug-likeness (QED) is 0.532. The lowest BCUT2D eigenvalue weighted by atomic mass is 10.1. The van der Waals surface area contributed by atoms with E-state index in [4.69, 9.17) is 4.42 Å². The van der Waals surface area contributed by atoms with E-state index >= 15 is 0 Å². The Labute approximate surface area is 123 Å². The summed E-state index contributed by atoms with van der Waals surface area (Å²) < 4.78 is 6.04. The van der Waals surface area contributed by atoms with Crippen LogP contribution in [0.1, 0.15) is 16.7 Å². The van der Waals surface area contributed by atoms with Gasteiger partial charge in [0.15, 0.2) is 0 Å². The predicted molar refractivity (Wildman–Crippen MR) is 83.2 cm³/mol. The summed E-state index contributed by atoms with van der Waals surface area (Å²) in [7, 11) is 0. The number of hydrogen-bond donors (Lipinski definition) is 1. The summed E-state index contributed by atoms with van der Waals surface area (Å²) >= 11 is 0. The summed E-state index contributed by atoms with van der Waals surface area (Å²) in [6, 6.07) is 13.9. The summed E-state index contributed by atoms with van der Waals surface area (Å²) in [6.45, 7) is 6.06. The molecule has 106 valence electrons. The SMILES string of the molecule is Cc1ccc(-c2c/c(=N/O)c3cc(C)cc(C)c3o2)cc1. The molecule has 0 amide bonds. The highest BCUT2D eigenvalue weighted by molar-refractivity contribution is 5.82. The summed E-state index contributed by atoms with van der Waals surface area (Å²) in [5.74, 6) is 0.697. The fourth-order valence-electron chi connectivity index (χ4n) is 2.56. The highest BCUT2D eigenvalue weighted by Gasteiger charge is 2.09. The van der Waals surface area contributed by atoms with E-state index in [9.17, 15) is 5.21 Å². The Morgan fingerprint density at radius 2 is 1.62 bits per heavy atom. The van der Waals surface area contributed by atoms with Gasteiger partial charge in [-0.25, -0.2) is 0 Å². The largest absolute Gasteiger partial charge is 0.456 e. The molecule has 3 aromatic rings. The van der Waals surface area contributed by atoms with Crippen molar-refractivity contribution in [3.8, 4) is 11.3 Å². The van der Waals surface area contributed by atoms with Crippen molar-refractivity contribution in [1.82, 2.24) is 0 Å². The topological polar surface area (TPSA) is 45.7 Å². The molecule has 0 bridgehead atoms. The smallest absolute Gasteiger partial charge is 0.139 e. The molecule has 3 heteroatoms. The van der Waals surface area contributed by atoms with Crippen LogP contribution in [0.4, 0.5) is 0 Å². The van der Waals surface area contributed by atoms with Crippen molar-refractivity contribution in [1.29, 1.82) is 0 Å². The van der Waals surface area contributed by atoms with Crippen LogP contribution in [0, 0.1) is 20.8 Å². The molecule has 21 heavy (non-hydrogen) atoms. The molecule has 1 aromatic heterocycles. The van der Waals surface area contributed by atoms with Crippen LogP contribution in [0.2, 0.25) is 0 Å². The summed E-state index contributed by atoms with van der Waals surface area (Å²) in [6.07, 6.45) is 0. The van der Waals surface area contributed by atoms with Gasteiger partial charge in [0.2, 0.25) is 0 Å². The molecule has 2 aromatic carbocycles. The fraction of sp³-hybridized carbons (Fsp3) is 0.167.